The lowest BCUT2D eigenvalue weighted by Crippen LogP contribution is -1.94. The molecule has 4 nitrogen and oxygen atoms in total. The second kappa shape index (κ2) is 2.70. The molecule has 0 aliphatic carbocycles. The smallest absolute Gasteiger partial charge is 0.336 e. The quantitative estimate of drug-likeness (QED) is 0.523. The monoisotopic (exact) mass is 201 g/mol. The van der Waals surface area contributed by atoms with E-state index >= 15 is 0 Å². The molecule has 1 aromatic carbocycles. The number of oxazole rings is 1. The van der Waals surface area contributed by atoms with Gasteiger partial charge in [-0.3, -0.25) is 0 Å². The van der Waals surface area contributed by atoms with Gasteiger partial charge < -0.3 is 8.83 Å². The van der Waals surface area contributed by atoms with Crippen molar-refractivity contribution in [1.82, 2.24) is 4.98 Å². The van der Waals surface area contributed by atoms with Gasteiger partial charge in [0.2, 0.25) is 0 Å². The standard InChI is InChI=1S/C11H7NO3/c1-6-12-11-7-2-5-10(13)15-8(7)3-4-9(11)14-6/h2-5H,1H3. The van der Waals surface area contributed by atoms with Gasteiger partial charge in [-0.25, -0.2) is 9.78 Å². The highest BCUT2D eigenvalue weighted by atomic mass is 16.4. The van der Waals surface area contributed by atoms with Crippen LogP contribution in [-0.4, -0.2) is 4.98 Å². The highest BCUT2D eigenvalue weighted by Crippen LogP contribution is 2.24. The van der Waals surface area contributed by atoms with Crippen LogP contribution in [0.1, 0.15) is 5.89 Å². The average Bonchev–Trinajstić information content (AvgIpc) is 2.58. The predicted molar refractivity (Wildman–Crippen MR) is 54.8 cm³/mol. The van der Waals surface area contributed by atoms with Crippen molar-refractivity contribution in [2.75, 3.05) is 0 Å². The van der Waals surface area contributed by atoms with E-state index in [1.807, 2.05) is 0 Å². The summed E-state index contributed by atoms with van der Waals surface area (Å²) >= 11 is 0. The van der Waals surface area contributed by atoms with Gasteiger partial charge >= 0.3 is 5.63 Å². The SMILES string of the molecule is Cc1nc2c(ccc3oc(=O)ccc32)o1. The molecule has 0 amide bonds. The second-order valence-electron chi connectivity index (χ2n) is 3.31. The average molecular weight is 201 g/mol. The van der Waals surface area contributed by atoms with Crippen LogP contribution in [0.3, 0.4) is 0 Å². The fraction of sp³-hybridized carbons (Fsp3) is 0.0909. The highest BCUT2D eigenvalue weighted by molar-refractivity contribution is 6.00. The number of hydrogen-bond donors (Lipinski definition) is 0. The van der Waals surface area contributed by atoms with Crippen LogP contribution in [0.4, 0.5) is 0 Å². The summed E-state index contributed by atoms with van der Waals surface area (Å²) in [5.41, 5.74) is 1.60. The Hall–Kier alpha value is -2.10. The van der Waals surface area contributed by atoms with E-state index in [0.29, 0.717) is 17.1 Å². The molecule has 0 saturated carbocycles. The van der Waals surface area contributed by atoms with Gasteiger partial charge in [0, 0.05) is 18.4 Å². The molecule has 4 heteroatoms. The van der Waals surface area contributed by atoms with E-state index in [1.165, 1.54) is 6.07 Å². The molecule has 0 unspecified atom stereocenters. The summed E-state index contributed by atoms with van der Waals surface area (Å²) in [5, 5.41) is 0.795. The Morgan fingerprint density at radius 3 is 2.73 bits per heavy atom. The molecule has 3 aromatic rings. The molecule has 2 heterocycles. The van der Waals surface area contributed by atoms with E-state index in [2.05, 4.69) is 4.98 Å². The van der Waals surface area contributed by atoms with Gasteiger partial charge in [0.15, 0.2) is 11.5 Å². The second-order valence-corrected chi connectivity index (χ2v) is 3.31. The van der Waals surface area contributed by atoms with Crippen LogP contribution < -0.4 is 5.63 Å². The number of rotatable bonds is 0. The molecular formula is C11H7NO3. The zero-order valence-electron chi connectivity index (χ0n) is 7.98. The fourth-order valence-corrected chi connectivity index (χ4v) is 1.65. The van der Waals surface area contributed by atoms with Crippen LogP contribution in [-0.2, 0) is 0 Å². The summed E-state index contributed by atoms with van der Waals surface area (Å²) in [4.78, 5) is 15.3. The Bertz CT molecular complexity index is 708. The van der Waals surface area contributed by atoms with Crippen molar-refractivity contribution in [3.8, 4) is 0 Å². The first-order valence-corrected chi connectivity index (χ1v) is 4.54. The normalized spacial score (nSPS) is 11.3. The van der Waals surface area contributed by atoms with Gasteiger partial charge in [-0.15, -0.1) is 0 Å². The molecule has 0 aliphatic rings. The Balaban J connectivity index is 2.59. The van der Waals surface area contributed by atoms with Gasteiger partial charge in [0.05, 0.1) is 0 Å². The molecule has 3 rings (SSSR count). The van der Waals surface area contributed by atoms with Gasteiger partial charge in [0.1, 0.15) is 11.1 Å². The molecule has 0 N–H and O–H groups in total. The molecule has 0 radical (unpaired) electrons. The van der Waals surface area contributed by atoms with Crippen molar-refractivity contribution >= 4 is 22.1 Å². The number of benzene rings is 1. The number of aryl methyl sites for hydroxylation is 1. The van der Waals surface area contributed by atoms with Gasteiger partial charge in [-0.1, -0.05) is 0 Å². The van der Waals surface area contributed by atoms with Crippen molar-refractivity contribution < 1.29 is 8.83 Å². The lowest BCUT2D eigenvalue weighted by molar-refractivity contribution is 0.557. The Labute approximate surface area is 84.1 Å². The van der Waals surface area contributed by atoms with Crippen LogP contribution in [0.15, 0.2) is 37.9 Å². The molecule has 0 spiro atoms. The molecule has 0 fully saturated rings. The summed E-state index contributed by atoms with van der Waals surface area (Å²) < 4.78 is 10.4. The largest absolute Gasteiger partial charge is 0.441 e. The third-order valence-electron chi connectivity index (χ3n) is 2.26. The third-order valence-corrected chi connectivity index (χ3v) is 2.26. The van der Waals surface area contributed by atoms with Crippen LogP contribution in [0.25, 0.3) is 22.1 Å². The summed E-state index contributed by atoms with van der Waals surface area (Å²) in [6, 6.07) is 6.54. The van der Waals surface area contributed by atoms with E-state index in [4.69, 9.17) is 8.83 Å². The van der Waals surface area contributed by atoms with Gasteiger partial charge in [0.25, 0.3) is 0 Å². The van der Waals surface area contributed by atoms with E-state index in [-0.39, 0.29) is 5.63 Å². The van der Waals surface area contributed by atoms with Crippen molar-refractivity contribution in [2.24, 2.45) is 0 Å². The Kier molecular flexibility index (Phi) is 1.48. The predicted octanol–water partition coefficient (Wildman–Crippen LogP) is 2.24. The maximum atomic E-state index is 11.0. The molecule has 0 atom stereocenters. The van der Waals surface area contributed by atoms with E-state index in [9.17, 15) is 4.79 Å². The molecule has 0 saturated heterocycles. The van der Waals surface area contributed by atoms with Crippen molar-refractivity contribution in [3.63, 3.8) is 0 Å². The minimum Gasteiger partial charge on any atom is -0.441 e. The molecule has 15 heavy (non-hydrogen) atoms. The topological polar surface area (TPSA) is 56.2 Å². The molecular weight excluding hydrogens is 194 g/mol. The first-order chi connectivity index (χ1) is 7.24. The number of aromatic nitrogens is 1. The van der Waals surface area contributed by atoms with E-state index < -0.39 is 0 Å². The van der Waals surface area contributed by atoms with Crippen LogP contribution in [0.5, 0.6) is 0 Å². The maximum absolute atomic E-state index is 11.0. The number of nitrogens with zero attached hydrogens (tertiary/aromatic N) is 1. The third kappa shape index (κ3) is 1.15. The summed E-state index contributed by atoms with van der Waals surface area (Å²) in [7, 11) is 0. The lowest BCUT2D eigenvalue weighted by Gasteiger charge is -1.94. The summed E-state index contributed by atoms with van der Waals surface area (Å²) in [5.74, 6) is 0.601. The van der Waals surface area contributed by atoms with Crippen molar-refractivity contribution in [3.05, 3.63) is 40.6 Å². The molecule has 0 aliphatic heterocycles. The Morgan fingerprint density at radius 1 is 1.07 bits per heavy atom. The number of hydrogen-bond acceptors (Lipinski definition) is 4. The van der Waals surface area contributed by atoms with Crippen molar-refractivity contribution in [2.45, 2.75) is 6.92 Å². The maximum Gasteiger partial charge on any atom is 0.336 e. The van der Waals surface area contributed by atoms with Crippen molar-refractivity contribution in [1.29, 1.82) is 0 Å². The Morgan fingerprint density at radius 2 is 1.87 bits per heavy atom. The number of fused-ring (bicyclic) bond motifs is 3. The minimum atomic E-state index is -0.359. The zero-order chi connectivity index (χ0) is 10.4. The fourth-order valence-electron chi connectivity index (χ4n) is 1.65. The first-order valence-electron chi connectivity index (χ1n) is 4.54. The zero-order valence-corrected chi connectivity index (χ0v) is 7.98. The first kappa shape index (κ1) is 8.23. The van der Waals surface area contributed by atoms with Crippen LogP contribution >= 0.6 is 0 Å². The van der Waals surface area contributed by atoms with Crippen LogP contribution in [0.2, 0.25) is 0 Å². The van der Waals surface area contributed by atoms with Gasteiger partial charge in [-0.2, -0.15) is 0 Å². The molecule has 74 valence electrons. The summed E-state index contributed by atoms with van der Waals surface area (Å²) in [6.45, 7) is 1.78. The van der Waals surface area contributed by atoms with Gasteiger partial charge in [-0.05, 0) is 18.2 Å². The minimum absolute atomic E-state index is 0.359. The summed E-state index contributed by atoms with van der Waals surface area (Å²) in [6.07, 6.45) is 0. The molecule has 2 aromatic heterocycles. The van der Waals surface area contributed by atoms with E-state index in [0.717, 1.165) is 10.9 Å². The highest BCUT2D eigenvalue weighted by Gasteiger charge is 2.07. The lowest BCUT2D eigenvalue weighted by atomic mass is 10.2. The van der Waals surface area contributed by atoms with E-state index in [1.54, 1.807) is 25.1 Å². The van der Waals surface area contributed by atoms with Crippen LogP contribution in [0, 0.1) is 6.92 Å². The molecule has 0 bridgehead atoms.